The summed E-state index contributed by atoms with van der Waals surface area (Å²) < 4.78 is 15.8. The molecule has 2 rings (SSSR count). The van der Waals surface area contributed by atoms with Crippen LogP contribution in [0.5, 0.6) is 17.2 Å². The summed E-state index contributed by atoms with van der Waals surface area (Å²) in [7, 11) is 4.75. The molecule has 106 valence electrons. The van der Waals surface area contributed by atoms with Crippen LogP contribution >= 0.6 is 11.3 Å². The van der Waals surface area contributed by atoms with E-state index < -0.39 is 0 Å². The molecule has 0 aliphatic rings. The lowest BCUT2D eigenvalue weighted by atomic mass is 10.2. The van der Waals surface area contributed by atoms with Gasteiger partial charge < -0.3 is 14.2 Å². The normalized spacial score (nSPS) is 10.6. The van der Waals surface area contributed by atoms with Crippen molar-refractivity contribution in [3.05, 3.63) is 29.3 Å². The summed E-state index contributed by atoms with van der Waals surface area (Å²) in [5.74, 6) is 1.87. The highest BCUT2D eigenvalue weighted by atomic mass is 32.1. The van der Waals surface area contributed by atoms with Gasteiger partial charge in [0, 0.05) is 23.2 Å². The summed E-state index contributed by atoms with van der Waals surface area (Å²) in [6.45, 7) is 0. The van der Waals surface area contributed by atoms with Crippen LogP contribution in [0.2, 0.25) is 0 Å². The number of hydrogen-bond donors (Lipinski definition) is 1. The summed E-state index contributed by atoms with van der Waals surface area (Å²) in [6.07, 6.45) is 3.35. The Morgan fingerprint density at radius 2 is 1.80 bits per heavy atom. The maximum absolute atomic E-state index is 5.31. The van der Waals surface area contributed by atoms with E-state index in [0.29, 0.717) is 17.2 Å². The number of hydrogen-bond acceptors (Lipinski definition) is 7. The molecule has 0 atom stereocenters. The second-order valence-electron chi connectivity index (χ2n) is 3.66. The van der Waals surface area contributed by atoms with Gasteiger partial charge in [0.1, 0.15) is 5.75 Å². The highest BCUT2D eigenvalue weighted by molar-refractivity contribution is 7.13. The maximum Gasteiger partial charge on any atom is 0.203 e. The first-order chi connectivity index (χ1) is 9.78. The van der Waals surface area contributed by atoms with Gasteiger partial charge in [0.15, 0.2) is 11.5 Å². The van der Waals surface area contributed by atoms with Crippen molar-refractivity contribution in [3.63, 3.8) is 0 Å². The highest BCUT2D eigenvalue weighted by Gasteiger charge is 2.10. The minimum atomic E-state index is 0.606. The summed E-state index contributed by atoms with van der Waals surface area (Å²) in [4.78, 5) is 4.07. The van der Waals surface area contributed by atoms with Crippen molar-refractivity contribution in [1.82, 2.24) is 4.98 Å². The summed E-state index contributed by atoms with van der Waals surface area (Å²) in [6, 6.07) is 3.55. The molecular formula is C13H15N3O3S. The average molecular weight is 293 g/mol. The Morgan fingerprint density at radius 1 is 1.10 bits per heavy atom. The van der Waals surface area contributed by atoms with Gasteiger partial charge in [-0.1, -0.05) is 0 Å². The molecule has 7 heteroatoms. The standard InChI is InChI=1S/C13H15N3O3S/c1-17-10-7-12(19-3)11(18-2)6-9(10)8-15-16-13-14-4-5-20-13/h4-8H,1-3H3,(H,14,16)/b15-8-. The fourth-order valence-electron chi connectivity index (χ4n) is 1.59. The van der Waals surface area contributed by atoms with Gasteiger partial charge in [0.25, 0.3) is 0 Å². The van der Waals surface area contributed by atoms with E-state index >= 15 is 0 Å². The first-order valence-electron chi connectivity index (χ1n) is 5.77. The predicted octanol–water partition coefficient (Wildman–Crippen LogP) is 2.61. The summed E-state index contributed by atoms with van der Waals surface area (Å²) >= 11 is 1.47. The number of methoxy groups -OCH3 is 3. The van der Waals surface area contributed by atoms with Crippen molar-refractivity contribution >= 4 is 22.7 Å². The molecule has 0 amide bonds. The SMILES string of the molecule is COc1cc(OC)c(OC)cc1/C=N\Nc1nccs1. The zero-order valence-electron chi connectivity index (χ0n) is 11.4. The van der Waals surface area contributed by atoms with E-state index in [0.717, 1.165) is 10.7 Å². The number of hydrazone groups is 1. The first-order valence-corrected chi connectivity index (χ1v) is 6.65. The van der Waals surface area contributed by atoms with Crippen LogP contribution < -0.4 is 19.6 Å². The van der Waals surface area contributed by atoms with Crippen LogP contribution in [-0.2, 0) is 0 Å². The molecule has 0 radical (unpaired) electrons. The molecule has 0 bridgehead atoms. The number of anilines is 1. The van der Waals surface area contributed by atoms with Crippen LogP contribution in [-0.4, -0.2) is 32.5 Å². The molecular weight excluding hydrogens is 278 g/mol. The fourth-order valence-corrected chi connectivity index (χ4v) is 2.07. The Kier molecular flexibility index (Phi) is 4.78. The molecule has 0 aliphatic carbocycles. The Hall–Kier alpha value is -2.28. The zero-order valence-corrected chi connectivity index (χ0v) is 12.2. The van der Waals surface area contributed by atoms with E-state index in [2.05, 4.69) is 15.5 Å². The van der Waals surface area contributed by atoms with Gasteiger partial charge >= 0.3 is 0 Å². The molecule has 0 saturated heterocycles. The van der Waals surface area contributed by atoms with Gasteiger partial charge in [-0.05, 0) is 6.07 Å². The van der Waals surface area contributed by atoms with E-state index in [4.69, 9.17) is 14.2 Å². The highest BCUT2D eigenvalue weighted by Crippen LogP contribution is 2.33. The smallest absolute Gasteiger partial charge is 0.203 e. The summed E-state index contributed by atoms with van der Waals surface area (Å²) in [5.41, 5.74) is 3.61. The molecule has 0 spiro atoms. The van der Waals surface area contributed by atoms with Gasteiger partial charge in [0.2, 0.25) is 5.13 Å². The maximum atomic E-state index is 5.31. The lowest BCUT2D eigenvalue weighted by molar-refractivity contribution is 0.349. The van der Waals surface area contributed by atoms with Crippen LogP contribution in [0, 0.1) is 0 Å². The Morgan fingerprint density at radius 3 is 2.40 bits per heavy atom. The lowest BCUT2D eigenvalue weighted by Crippen LogP contribution is -1.97. The number of nitrogens with zero attached hydrogens (tertiary/aromatic N) is 2. The number of nitrogens with one attached hydrogen (secondary N) is 1. The molecule has 20 heavy (non-hydrogen) atoms. The van der Waals surface area contributed by atoms with Gasteiger partial charge in [0.05, 0.1) is 27.5 Å². The van der Waals surface area contributed by atoms with Crippen molar-refractivity contribution in [2.24, 2.45) is 5.10 Å². The van der Waals surface area contributed by atoms with Crippen LogP contribution in [0.25, 0.3) is 0 Å². The second-order valence-corrected chi connectivity index (χ2v) is 4.55. The monoisotopic (exact) mass is 293 g/mol. The Bertz CT molecular complexity index is 585. The molecule has 0 fully saturated rings. The lowest BCUT2D eigenvalue weighted by Gasteiger charge is -2.11. The molecule has 1 aromatic heterocycles. The van der Waals surface area contributed by atoms with E-state index in [1.54, 1.807) is 45.9 Å². The van der Waals surface area contributed by atoms with E-state index in [9.17, 15) is 0 Å². The van der Waals surface area contributed by atoms with Crippen molar-refractivity contribution in [2.75, 3.05) is 26.8 Å². The Balaban J connectivity index is 2.23. The predicted molar refractivity (Wildman–Crippen MR) is 79.4 cm³/mol. The van der Waals surface area contributed by atoms with Crippen molar-refractivity contribution in [2.45, 2.75) is 0 Å². The quantitative estimate of drug-likeness (QED) is 0.655. The minimum Gasteiger partial charge on any atom is -0.496 e. The second kappa shape index (κ2) is 6.76. The number of ether oxygens (including phenoxy) is 3. The third-order valence-corrected chi connectivity index (χ3v) is 3.21. The van der Waals surface area contributed by atoms with E-state index in [1.165, 1.54) is 11.3 Å². The molecule has 0 aliphatic heterocycles. The average Bonchev–Trinajstić information content (AvgIpc) is 2.99. The van der Waals surface area contributed by atoms with Crippen molar-refractivity contribution < 1.29 is 14.2 Å². The van der Waals surface area contributed by atoms with Gasteiger partial charge in [-0.3, -0.25) is 5.43 Å². The van der Waals surface area contributed by atoms with Crippen LogP contribution in [0.15, 0.2) is 28.8 Å². The number of aromatic nitrogens is 1. The number of rotatable bonds is 6. The fraction of sp³-hybridized carbons (Fsp3) is 0.231. The van der Waals surface area contributed by atoms with Crippen LogP contribution in [0.1, 0.15) is 5.56 Å². The third-order valence-electron chi connectivity index (χ3n) is 2.53. The van der Waals surface area contributed by atoms with Crippen molar-refractivity contribution in [1.29, 1.82) is 0 Å². The number of benzene rings is 1. The zero-order chi connectivity index (χ0) is 14.4. The first kappa shape index (κ1) is 14.1. The molecule has 1 N–H and O–H groups in total. The third kappa shape index (κ3) is 3.18. The van der Waals surface area contributed by atoms with E-state index in [1.807, 2.05) is 5.38 Å². The molecule has 0 unspecified atom stereocenters. The van der Waals surface area contributed by atoms with Gasteiger partial charge in [-0.25, -0.2) is 4.98 Å². The van der Waals surface area contributed by atoms with Gasteiger partial charge in [-0.2, -0.15) is 5.10 Å². The number of thiazole rings is 1. The molecule has 2 aromatic rings. The van der Waals surface area contributed by atoms with Crippen LogP contribution in [0.4, 0.5) is 5.13 Å². The van der Waals surface area contributed by atoms with Crippen molar-refractivity contribution in [3.8, 4) is 17.2 Å². The van der Waals surface area contributed by atoms with E-state index in [-0.39, 0.29) is 0 Å². The summed E-state index contributed by atoms with van der Waals surface area (Å²) in [5, 5.41) is 6.71. The molecule has 6 nitrogen and oxygen atoms in total. The van der Waals surface area contributed by atoms with Crippen LogP contribution in [0.3, 0.4) is 0 Å². The van der Waals surface area contributed by atoms with Gasteiger partial charge in [-0.15, -0.1) is 11.3 Å². The largest absolute Gasteiger partial charge is 0.496 e. The Labute approximate surface area is 121 Å². The molecule has 0 saturated carbocycles. The molecule has 1 heterocycles. The molecule has 1 aromatic carbocycles. The topological polar surface area (TPSA) is 65.0 Å². The minimum absolute atomic E-state index is 0.606.